The molecule has 4 nitrogen and oxygen atoms in total. The standard InChI is InChI=1S/C16H25NO3/c1-17(12-6-4-5-7-12)11-15(18)14-10-13(19-2)8-9-16(14)20-3/h8-10,12,15,18H,4-7,11H2,1-3H3. The first-order chi connectivity index (χ1) is 9.65. The summed E-state index contributed by atoms with van der Waals surface area (Å²) < 4.78 is 10.6. The molecule has 0 heterocycles. The van der Waals surface area contributed by atoms with E-state index < -0.39 is 6.10 Å². The molecule has 1 N–H and O–H groups in total. The summed E-state index contributed by atoms with van der Waals surface area (Å²) in [4.78, 5) is 2.26. The lowest BCUT2D eigenvalue weighted by atomic mass is 10.1. The van der Waals surface area contributed by atoms with E-state index in [1.807, 2.05) is 18.2 Å². The van der Waals surface area contributed by atoms with Gasteiger partial charge in [0.1, 0.15) is 11.5 Å². The zero-order valence-electron chi connectivity index (χ0n) is 12.6. The molecule has 1 atom stereocenters. The zero-order chi connectivity index (χ0) is 14.5. The van der Waals surface area contributed by atoms with E-state index in [9.17, 15) is 5.11 Å². The molecule has 0 bridgehead atoms. The Labute approximate surface area is 121 Å². The summed E-state index contributed by atoms with van der Waals surface area (Å²) in [5, 5.41) is 10.5. The third kappa shape index (κ3) is 3.44. The highest BCUT2D eigenvalue weighted by Gasteiger charge is 2.23. The maximum absolute atomic E-state index is 10.5. The highest BCUT2D eigenvalue weighted by molar-refractivity contribution is 5.41. The van der Waals surface area contributed by atoms with E-state index in [-0.39, 0.29) is 0 Å². The van der Waals surface area contributed by atoms with E-state index in [1.54, 1.807) is 14.2 Å². The van der Waals surface area contributed by atoms with Gasteiger partial charge in [-0.05, 0) is 38.1 Å². The van der Waals surface area contributed by atoms with Gasteiger partial charge >= 0.3 is 0 Å². The third-order valence-electron chi connectivity index (χ3n) is 4.20. The Kier molecular flexibility index (Phi) is 5.26. The maximum Gasteiger partial charge on any atom is 0.124 e. The second kappa shape index (κ2) is 6.95. The first-order valence-electron chi connectivity index (χ1n) is 7.26. The number of aliphatic hydroxyl groups excluding tert-OH is 1. The number of hydrogen-bond donors (Lipinski definition) is 1. The van der Waals surface area contributed by atoms with Gasteiger partial charge in [-0.25, -0.2) is 0 Å². The van der Waals surface area contributed by atoms with Crippen LogP contribution in [0.4, 0.5) is 0 Å². The molecule has 2 rings (SSSR count). The Balaban J connectivity index is 2.08. The fourth-order valence-corrected chi connectivity index (χ4v) is 2.97. The molecular weight excluding hydrogens is 254 g/mol. The van der Waals surface area contributed by atoms with Gasteiger partial charge in [0.25, 0.3) is 0 Å². The molecule has 0 saturated heterocycles. The zero-order valence-corrected chi connectivity index (χ0v) is 12.6. The van der Waals surface area contributed by atoms with E-state index in [1.165, 1.54) is 25.7 Å². The van der Waals surface area contributed by atoms with Crippen LogP contribution in [0, 0.1) is 0 Å². The Bertz CT molecular complexity index is 430. The summed E-state index contributed by atoms with van der Waals surface area (Å²) >= 11 is 0. The summed E-state index contributed by atoms with van der Waals surface area (Å²) in [6.45, 7) is 0.619. The Morgan fingerprint density at radius 1 is 1.25 bits per heavy atom. The topological polar surface area (TPSA) is 41.9 Å². The summed E-state index contributed by atoms with van der Waals surface area (Å²) in [5.74, 6) is 1.45. The molecule has 4 heteroatoms. The van der Waals surface area contributed by atoms with Gasteiger partial charge in [0.05, 0.1) is 20.3 Å². The molecule has 1 aliphatic carbocycles. The Morgan fingerprint density at radius 3 is 2.55 bits per heavy atom. The van der Waals surface area contributed by atoms with Gasteiger partial charge in [0.2, 0.25) is 0 Å². The Hall–Kier alpha value is -1.26. The molecule has 0 aromatic heterocycles. The lowest BCUT2D eigenvalue weighted by molar-refractivity contribution is 0.103. The number of hydrogen-bond acceptors (Lipinski definition) is 4. The summed E-state index contributed by atoms with van der Waals surface area (Å²) in [6, 6.07) is 6.13. The molecule has 0 amide bonds. The minimum Gasteiger partial charge on any atom is -0.497 e. The van der Waals surface area contributed by atoms with Crippen LogP contribution in [-0.2, 0) is 0 Å². The first-order valence-corrected chi connectivity index (χ1v) is 7.26. The largest absolute Gasteiger partial charge is 0.497 e. The summed E-state index contributed by atoms with van der Waals surface area (Å²) in [7, 11) is 5.34. The van der Waals surface area contributed by atoms with Crippen molar-refractivity contribution in [3.05, 3.63) is 23.8 Å². The van der Waals surface area contributed by atoms with E-state index in [0.29, 0.717) is 18.3 Å². The van der Waals surface area contributed by atoms with E-state index in [4.69, 9.17) is 9.47 Å². The lowest BCUT2D eigenvalue weighted by Gasteiger charge is -2.27. The van der Waals surface area contributed by atoms with Crippen LogP contribution in [0.15, 0.2) is 18.2 Å². The fraction of sp³-hybridized carbons (Fsp3) is 0.625. The average molecular weight is 279 g/mol. The second-order valence-electron chi connectivity index (χ2n) is 5.50. The molecule has 0 radical (unpaired) electrons. The number of ether oxygens (including phenoxy) is 2. The molecule has 20 heavy (non-hydrogen) atoms. The van der Waals surface area contributed by atoms with Crippen molar-refractivity contribution in [2.75, 3.05) is 27.8 Å². The molecular formula is C16H25NO3. The van der Waals surface area contributed by atoms with Gasteiger partial charge in [0, 0.05) is 18.2 Å². The second-order valence-corrected chi connectivity index (χ2v) is 5.50. The van der Waals surface area contributed by atoms with Crippen LogP contribution in [0.3, 0.4) is 0 Å². The van der Waals surface area contributed by atoms with E-state index in [0.717, 1.165) is 11.3 Å². The van der Waals surface area contributed by atoms with Crippen molar-refractivity contribution in [1.29, 1.82) is 0 Å². The minimum atomic E-state index is -0.564. The normalized spacial score (nSPS) is 17.4. The van der Waals surface area contributed by atoms with E-state index in [2.05, 4.69) is 11.9 Å². The predicted octanol–water partition coefficient (Wildman–Crippen LogP) is 2.61. The van der Waals surface area contributed by atoms with Crippen LogP contribution in [0.2, 0.25) is 0 Å². The maximum atomic E-state index is 10.5. The van der Waals surface area contributed by atoms with Crippen LogP contribution >= 0.6 is 0 Å². The summed E-state index contributed by atoms with van der Waals surface area (Å²) in [5.41, 5.74) is 0.789. The third-order valence-corrected chi connectivity index (χ3v) is 4.20. The molecule has 0 aliphatic heterocycles. The first kappa shape index (κ1) is 15.1. The summed E-state index contributed by atoms with van der Waals surface area (Å²) in [6.07, 6.45) is 4.50. The Morgan fingerprint density at radius 2 is 1.95 bits per heavy atom. The monoisotopic (exact) mass is 279 g/mol. The van der Waals surface area contributed by atoms with Gasteiger partial charge in [-0.15, -0.1) is 0 Å². The molecule has 1 saturated carbocycles. The molecule has 1 aromatic rings. The fourth-order valence-electron chi connectivity index (χ4n) is 2.97. The van der Waals surface area contributed by atoms with Crippen molar-refractivity contribution in [2.24, 2.45) is 0 Å². The van der Waals surface area contributed by atoms with Crippen LogP contribution in [0.5, 0.6) is 11.5 Å². The van der Waals surface area contributed by atoms with Gasteiger partial charge in [-0.3, -0.25) is 0 Å². The van der Waals surface area contributed by atoms with Crippen molar-refractivity contribution in [3.63, 3.8) is 0 Å². The van der Waals surface area contributed by atoms with Crippen molar-refractivity contribution in [1.82, 2.24) is 4.90 Å². The lowest BCUT2D eigenvalue weighted by Crippen LogP contribution is -2.33. The van der Waals surface area contributed by atoms with Crippen LogP contribution in [-0.4, -0.2) is 43.9 Å². The predicted molar refractivity (Wildman–Crippen MR) is 79.4 cm³/mol. The van der Waals surface area contributed by atoms with Crippen LogP contribution in [0.1, 0.15) is 37.4 Å². The smallest absolute Gasteiger partial charge is 0.124 e. The molecule has 112 valence electrons. The molecule has 0 spiro atoms. The van der Waals surface area contributed by atoms with Gasteiger partial charge in [-0.1, -0.05) is 12.8 Å². The highest BCUT2D eigenvalue weighted by atomic mass is 16.5. The van der Waals surface area contributed by atoms with Crippen molar-refractivity contribution >= 4 is 0 Å². The average Bonchev–Trinajstić information content (AvgIpc) is 3.00. The molecule has 1 fully saturated rings. The number of aliphatic hydroxyl groups is 1. The van der Waals surface area contributed by atoms with Gasteiger partial charge in [0.15, 0.2) is 0 Å². The minimum absolute atomic E-state index is 0.564. The van der Waals surface area contributed by atoms with Crippen molar-refractivity contribution < 1.29 is 14.6 Å². The van der Waals surface area contributed by atoms with Crippen molar-refractivity contribution in [3.8, 4) is 11.5 Å². The van der Waals surface area contributed by atoms with E-state index >= 15 is 0 Å². The van der Waals surface area contributed by atoms with Gasteiger partial charge in [-0.2, -0.15) is 0 Å². The molecule has 1 aromatic carbocycles. The van der Waals surface area contributed by atoms with Crippen molar-refractivity contribution in [2.45, 2.75) is 37.8 Å². The number of nitrogens with zero attached hydrogens (tertiary/aromatic N) is 1. The van der Waals surface area contributed by atoms with Gasteiger partial charge < -0.3 is 19.5 Å². The highest BCUT2D eigenvalue weighted by Crippen LogP contribution is 2.31. The van der Waals surface area contributed by atoms with Crippen LogP contribution < -0.4 is 9.47 Å². The van der Waals surface area contributed by atoms with Crippen LogP contribution in [0.25, 0.3) is 0 Å². The quantitative estimate of drug-likeness (QED) is 0.869. The molecule has 1 aliphatic rings. The number of methoxy groups -OCH3 is 2. The number of benzene rings is 1. The SMILES string of the molecule is COc1ccc(OC)c(C(O)CN(C)C2CCCC2)c1. The number of likely N-dealkylation sites (N-methyl/N-ethyl adjacent to an activating group) is 1. The number of rotatable bonds is 6. The molecule has 1 unspecified atom stereocenters.